The van der Waals surface area contributed by atoms with Gasteiger partial charge < -0.3 is 9.47 Å². The highest BCUT2D eigenvalue weighted by Crippen LogP contribution is 2.27. The third-order valence-electron chi connectivity index (χ3n) is 4.42. The van der Waals surface area contributed by atoms with Gasteiger partial charge in [0.15, 0.2) is 0 Å². The maximum atomic E-state index is 12.3. The van der Waals surface area contributed by atoms with Crippen LogP contribution in [0.5, 0.6) is 11.5 Å². The average molecular weight is 328 g/mol. The van der Waals surface area contributed by atoms with Crippen LogP contribution in [0.4, 0.5) is 0 Å². The van der Waals surface area contributed by atoms with Crippen molar-refractivity contribution in [2.45, 2.75) is 13.8 Å². The van der Waals surface area contributed by atoms with E-state index in [0.29, 0.717) is 5.69 Å². The molecule has 3 rings (SSSR count). The van der Waals surface area contributed by atoms with Crippen LogP contribution in [0.15, 0.2) is 33.9 Å². The number of hydrogen-bond acceptors (Lipinski definition) is 4. The normalized spacial score (nSPS) is 13.1. The summed E-state index contributed by atoms with van der Waals surface area (Å²) >= 11 is 0. The van der Waals surface area contributed by atoms with Crippen LogP contribution in [-0.4, -0.2) is 22.3 Å². The molecule has 0 unspecified atom stereocenters. The predicted octanol–water partition coefficient (Wildman–Crippen LogP) is 1.56. The molecular formula is C18H20N2O4. The van der Waals surface area contributed by atoms with Crippen LogP contribution in [0.3, 0.4) is 0 Å². The number of benzene rings is 1. The van der Waals surface area contributed by atoms with Crippen molar-refractivity contribution in [2.75, 3.05) is 13.2 Å². The summed E-state index contributed by atoms with van der Waals surface area (Å²) in [6, 6.07) is 5.88. The topological polar surface area (TPSA) is 62.5 Å². The average Bonchev–Trinajstić information content (AvgIpc) is 2.59. The van der Waals surface area contributed by atoms with Gasteiger partial charge in [-0.1, -0.05) is 12.1 Å². The molecule has 0 amide bonds. The van der Waals surface area contributed by atoms with Crippen molar-refractivity contribution in [1.29, 1.82) is 0 Å². The molecule has 0 atom stereocenters. The van der Waals surface area contributed by atoms with Gasteiger partial charge >= 0.3 is 5.69 Å². The van der Waals surface area contributed by atoms with E-state index >= 15 is 0 Å². The Bertz CT molecular complexity index is 951. The van der Waals surface area contributed by atoms with Crippen LogP contribution in [0, 0.1) is 13.8 Å². The fourth-order valence-corrected chi connectivity index (χ4v) is 2.79. The number of aromatic nitrogens is 2. The fourth-order valence-electron chi connectivity index (χ4n) is 2.79. The second-order valence-corrected chi connectivity index (χ2v) is 5.91. The molecule has 0 saturated heterocycles. The molecule has 2 aromatic rings. The highest BCUT2D eigenvalue weighted by Gasteiger charge is 2.23. The van der Waals surface area contributed by atoms with Crippen LogP contribution in [0.2, 0.25) is 0 Å². The minimum Gasteiger partial charge on any atom is -0.489 e. The van der Waals surface area contributed by atoms with E-state index in [1.807, 2.05) is 38.1 Å². The third kappa shape index (κ3) is 2.54. The van der Waals surface area contributed by atoms with Gasteiger partial charge in [-0.25, -0.2) is 4.79 Å². The lowest BCUT2D eigenvalue weighted by atomic mass is 10.1. The maximum Gasteiger partial charge on any atom is 0.331 e. The first-order valence-electron chi connectivity index (χ1n) is 7.73. The van der Waals surface area contributed by atoms with Crippen molar-refractivity contribution in [1.82, 2.24) is 9.13 Å². The van der Waals surface area contributed by atoms with E-state index in [-0.39, 0.29) is 24.7 Å². The lowest BCUT2D eigenvalue weighted by Crippen LogP contribution is -2.40. The maximum absolute atomic E-state index is 12.3. The van der Waals surface area contributed by atoms with E-state index < -0.39 is 5.56 Å². The van der Waals surface area contributed by atoms with Crippen LogP contribution < -0.4 is 20.7 Å². The number of fused-ring (bicyclic) bond motifs is 1. The third-order valence-corrected chi connectivity index (χ3v) is 4.42. The summed E-state index contributed by atoms with van der Waals surface area (Å²) in [6.45, 7) is 4.58. The van der Waals surface area contributed by atoms with Crippen molar-refractivity contribution in [3.63, 3.8) is 0 Å². The number of ether oxygens (including phenoxy) is 2. The molecule has 126 valence electrons. The molecule has 0 radical (unpaired) electrons. The number of rotatable bonds is 3. The standard InChI is InChI=1S/C18H20N2O4/c1-11-6-5-7-14(12(11)2)24-10-13-8-9-23-16-15(13)19(3)18(22)20(4)17(16)21/h5-8H,9-10H2,1-4H3. The Hall–Kier alpha value is -2.76. The molecule has 0 aliphatic carbocycles. The molecule has 1 aliphatic heterocycles. The molecule has 24 heavy (non-hydrogen) atoms. The van der Waals surface area contributed by atoms with Gasteiger partial charge in [0.2, 0.25) is 5.75 Å². The Morgan fingerprint density at radius 2 is 1.92 bits per heavy atom. The van der Waals surface area contributed by atoms with E-state index in [0.717, 1.165) is 27.0 Å². The summed E-state index contributed by atoms with van der Waals surface area (Å²) in [5, 5.41) is 0. The molecule has 1 aromatic carbocycles. The monoisotopic (exact) mass is 328 g/mol. The molecule has 0 fully saturated rings. The SMILES string of the molecule is Cc1cccc(OCC2=CCOc3c2n(C)c(=O)n(C)c3=O)c1C. The van der Waals surface area contributed by atoms with Gasteiger partial charge in [-0.2, -0.15) is 0 Å². The van der Waals surface area contributed by atoms with Gasteiger partial charge in [-0.3, -0.25) is 13.9 Å². The second-order valence-electron chi connectivity index (χ2n) is 5.91. The Labute approximate surface area is 139 Å². The Balaban J connectivity index is 1.98. The summed E-state index contributed by atoms with van der Waals surface area (Å²) in [6.07, 6.45) is 1.84. The van der Waals surface area contributed by atoms with E-state index in [2.05, 4.69) is 0 Å². The molecule has 6 nitrogen and oxygen atoms in total. The highest BCUT2D eigenvalue weighted by atomic mass is 16.5. The van der Waals surface area contributed by atoms with Gasteiger partial charge in [0.1, 0.15) is 19.0 Å². The summed E-state index contributed by atoms with van der Waals surface area (Å²) in [4.78, 5) is 24.4. The molecule has 1 aliphatic rings. The van der Waals surface area contributed by atoms with E-state index in [4.69, 9.17) is 9.47 Å². The zero-order valence-corrected chi connectivity index (χ0v) is 14.3. The molecule has 0 spiro atoms. The second kappa shape index (κ2) is 6.03. The van der Waals surface area contributed by atoms with Crippen molar-refractivity contribution in [3.05, 3.63) is 61.9 Å². The first kappa shape index (κ1) is 16.1. The Morgan fingerprint density at radius 3 is 2.67 bits per heavy atom. The van der Waals surface area contributed by atoms with Gasteiger partial charge in [0.25, 0.3) is 5.56 Å². The molecule has 0 saturated carbocycles. The minimum atomic E-state index is -0.426. The quantitative estimate of drug-likeness (QED) is 0.858. The highest BCUT2D eigenvalue weighted by molar-refractivity contribution is 5.70. The molecule has 2 heterocycles. The summed E-state index contributed by atoms with van der Waals surface area (Å²) in [5.41, 5.74) is 2.67. The van der Waals surface area contributed by atoms with Crippen LogP contribution in [0.1, 0.15) is 16.8 Å². The molecule has 1 aromatic heterocycles. The van der Waals surface area contributed by atoms with Crippen molar-refractivity contribution >= 4 is 5.57 Å². The summed E-state index contributed by atoms with van der Waals surface area (Å²) < 4.78 is 13.9. The van der Waals surface area contributed by atoms with Gasteiger partial charge in [0, 0.05) is 19.7 Å². The van der Waals surface area contributed by atoms with Crippen LogP contribution in [-0.2, 0) is 14.1 Å². The van der Waals surface area contributed by atoms with Crippen molar-refractivity contribution < 1.29 is 9.47 Å². The number of aryl methyl sites for hydroxylation is 1. The first-order valence-corrected chi connectivity index (χ1v) is 7.73. The largest absolute Gasteiger partial charge is 0.489 e. The smallest absolute Gasteiger partial charge is 0.331 e. The molecule has 6 heteroatoms. The molecule has 0 bridgehead atoms. The van der Waals surface area contributed by atoms with Gasteiger partial charge in [-0.15, -0.1) is 0 Å². The first-order chi connectivity index (χ1) is 11.4. The van der Waals surface area contributed by atoms with Crippen LogP contribution >= 0.6 is 0 Å². The van der Waals surface area contributed by atoms with Crippen molar-refractivity contribution in [3.8, 4) is 11.5 Å². The minimum absolute atomic E-state index is 0.196. The lowest BCUT2D eigenvalue weighted by molar-refractivity contribution is 0.328. The van der Waals surface area contributed by atoms with Crippen LogP contribution in [0.25, 0.3) is 5.57 Å². The number of nitrogens with zero attached hydrogens (tertiary/aromatic N) is 2. The van der Waals surface area contributed by atoms with E-state index in [1.54, 1.807) is 7.05 Å². The zero-order valence-electron chi connectivity index (χ0n) is 14.3. The zero-order chi connectivity index (χ0) is 17.4. The fraction of sp³-hybridized carbons (Fsp3) is 0.333. The van der Waals surface area contributed by atoms with Gasteiger partial charge in [0.05, 0.1) is 5.69 Å². The van der Waals surface area contributed by atoms with Crippen molar-refractivity contribution in [2.24, 2.45) is 14.1 Å². The Morgan fingerprint density at radius 1 is 1.17 bits per heavy atom. The van der Waals surface area contributed by atoms with E-state index in [1.165, 1.54) is 11.6 Å². The predicted molar refractivity (Wildman–Crippen MR) is 91.8 cm³/mol. The summed E-state index contributed by atoms with van der Waals surface area (Å²) in [7, 11) is 3.07. The molecular weight excluding hydrogens is 308 g/mol. The molecule has 0 N–H and O–H groups in total. The summed E-state index contributed by atoms with van der Waals surface area (Å²) in [5.74, 6) is 0.986. The Kier molecular flexibility index (Phi) is 4.05. The van der Waals surface area contributed by atoms with E-state index in [9.17, 15) is 9.59 Å². The number of hydrogen-bond donors (Lipinski definition) is 0. The lowest BCUT2D eigenvalue weighted by Gasteiger charge is -2.22. The van der Waals surface area contributed by atoms with Gasteiger partial charge in [-0.05, 0) is 37.1 Å².